The number of fused-ring (bicyclic) bond motifs is 3. The summed E-state index contributed by atoms with van der Waals surface area (Å²) in [7, 11) is 1.71. The van der Waals surface area contributed by atoms with Gasteiger partial charge in [0.2, 0.25) is 0 Å². The maximum atomic E-state index is 12.2. The van der Waals surface area contributed by atoms with E-state index in [0.29, 0.717) is 41.8 Å². The highest BCUT2D eigenvalue weighted by atomic mass is 16.7. The van der Waals surface area contributed by atoms with Crippen molar-refractivity contribution in [3.05, 3.63) is 0 Å². The Morgan fingerprint density at radius 3 is 2.65 bits per heavy atom. The minimum absolute atomic E-state index is 0.245. The third-order valence-electron chi connectivity index (χ3n) is 7.69. The van der Waals surface area contributed by atoms with Crippen molar-refractivity contribution in [3.63, 3.8) is 0 Å². The van der Waals surface area contributed by atoms with E-state index in [4.69, 9.17) is 9.47 Å². The molecule has 0 N–H and O–H groups in total. The smallest absolute Gasteiger partial charge is 0.146 e. The van der Waals surface area contributed by atoms with Crippen LogP contribution in [0.5, 0.6) is 0 Å². The Hall–Kier alpha value is -0.410. The topological polar surface area (TPSA) is 35.5 Å². The summed E-state index contributed by atoms with van der Waals surface area (Å²) in [6, 6.07) is 0. The zero-order chi connectivity index (χ0) is 16.7. The Morgan fingerprint density at radius 1 is 1.13 bits per heavy atom. The standard InChI is InChI=1S/C20H34O3/c1-14-12-15(21)8-10-19(2)16(14)9-11-20(3)17(19)6-5-7-18(20)23-13-22-4/h14,16-18H,5-13H2,1-4H3/t14-,16?,17?,18-,19+,20-/m1/s1. The predicted molar refractivity (Wildman–Crippen MR) is 91.1 cm³/mol. The summed E-state index contributed by atoms with van der Waals surface area (Å²) in [5.41, 5.74) is 0.544. The lowest BCUT2D eigenvalue weighted by Crippen LogP contribution is -2.56. The van der Waals surface area contributed by atoms with Gasteiger partial charge in [-0.2, -0.15) is 0 Å². The molecule has 0 bridgehead atoms. The molecule has 2 unspecified atom stereocenters. The predicted octanol–water partition coefficient (Wildman–Crippen LogP) is 4.59. The van der Waals surface area contributed by atoms with E-state index in [1.165, 1.54) is 25.7 Å². The van der Waals surface area contributed by atoms with E-state index in [9.17, 15) is 4.79 Å². The summed E-state index contributed by atoms with van der Waals surface area (Å²) < 4.78 is 11.3. The van der Waals surface area contributed by atoms with Gasteiger partial charge in [-0.05, 0) is 60.7 Å². The van der Waals surface area contributed by atoms with Gasteiger partial charge in [-0.1, -0.05) is 27.2 Å². The number of hydrogen-bond donors (Lipinski definition) is 0. The molecule has 0 aliphatic heterocycles. The molecule has 3 rings (SSSR count). The number of methoxy groups -OCH3 is 1. The number of hydrogen-bond acceptors (Lipinski definition) is 3. The van der Waals surface area contributed by atoms with E-state index in [1.807, 2.05) is 0 Å². The molecule has 0 radical (unpaired) electrons. The number of ether oxygens (including phenoxy) is 2. The SMILES string of the molecule is COCO[C@@H]1CCCC2[C@@]3(C)CCC(=O)C[C@@H](C)C3CC[C@]21C. The molecule has 0 spiro atoms. The van der Waals surface area contributed by atoms with Crippen molar-refractivity contribution >= 4 is 5.78 Å². The third kappa shape index (κ3) is 2.89. The number of rotatable bonds is 3. The van der Waals surface area contributed by atoms with E-state index in [0.717, 1.165) is 25.7 Å². The molecule has 3 saturated carbocycles. The Bertz CT molecular complexity index is 448. The average Bonchev–Trinajstić information content (AvgIpc) is 2.62. The second-order valence-electron chi connectivity index (χ2n) is 8.92. The van der Waals surface area contributed by atoms with Gasteiger partial charge in [-0.3, -0.25) is 4.79 Å². The number of carbonyl (C=O) groups is 1. The minimum Gasteiger partial charge on any atom is -0.359 e. The maximum absolute atomic E-state index is 12.2. The van der Waals surface area contributed by atoms with E-state index in [-0.39, 0.29) is 5.41 Å². The Morgan fingerprint density at radius 2 is 1.91 bits per heavy atom. The van der Waals surface area contributed by atoms with Gasteiger partial charge in [0.05, 0.1) is 6.10 Å². The first-order valence-electron chi connectivity index (χ1n) is 9.54. The molecule has 0 aromatic rings. The lowest BCUT2D eigenvalue weighted by Gasteiger charge is -2.61. The van der Waals surface area contributed by atoms with E-state index >= 15 is 0 Å². The van der Waals surface area contributed by atoms with Gasteiger partial charge in [-0.25, -0.2) is 0 Å². The molecule has 3 aliphatic rings. The molecular formula is C20H34O3. The lowest BCUT2D eigenvalue weighted by molar-refractivity contribution is -0.195. The fourth-order valence-corrected chi connectivity index (χ4v) is 6.59. The first-order valence-corrected chi connectivity index (χ1v) is 9.54. The Labute approximate surface area is 141 Å². The molecule has 0 aromatic carbocycles. The van der Waals surface area contributed by atoms with Crippen LogP contribution in [-0.2, 0) is 14.3 Å². The maximum Gasteiger partial charge on any atom is 0.146 e. The average molecular weight is 322 g/mol. The molecule has 3 fully saturated rings. The second-order valence-corrected chi connectivity index (χ2v) is 8.92. The van der Waals surface area contributed by atoms with Crippen LogP contribution in [0, 0.1) is 28.6 Å². The van der Waals surface area contributed by atoms with Gasteiger partial charge in [0, 0.05) is 20.0 Å². The van der Waals surface area contributed by atoms with Crippen molar-refractivity contribution in [2.75, 3.05) is 13.9 Å². The van der Waals surface area contributed by atoms with E-state index < -0.39 is 0 Å². The van der Waals surface area contributed by atoms with Gasteiger partial charge in [0.15, 0.2) is 0 Å². The second kappa shape index (κ2) is 6.48. The fraction of sp³-hybridized carbons (Fsp3) is 0.950. The highest BCUT2D eigenvalue weighted by Gasteiger charge is 2.58. The number of Topliss-reactive ketones (excluding diaryl/α,β-unsaturated/α-hetero) is 1. The largest absolute Gasteiger partial charge is 0.359 e. The van der Waals surface area contributed by atoms with Crippen LogP contribution in [0.15, 0.2) is 0 Å². The quantitative estimate of drug-likeness (QED) is 0.713. The molecule has 3 aliphatic carbocycles. The van der Waals surface area contributed by atoms with Crippen molar-refractivity contribution in [2.45, 2.75) is 78.2 Å². The van der Waals surface area contributed by atoms with E-state index in [1.54, 1.807) is 7.11 Å². The molecule has 132 valence electrons. The molecule has 0 amide bonds. The first kappa shape index (κ1) is 17.4. The van der Waals surface area contributed by atoms with Crippen LogP contribution in [0.1, 0.15) is 72.1 Å². The van der Waals surface area contributed by atoms with Gasteiger partial charge in [0.25, 0.3) is 0 Å². The van der Waals surface area contributed by atoms with Crippen LogP contribution in [0.25, 0.3) is 0 Å². The van der Waals surface area contributed by atoms with Crippen LogP contribution >= 0.6 is 0 Å². The van der Waals surface area contributed by atoms with Crippen molar-refractivity contribution in [1.82, 2.24) is 0 Å². The third-order valence-corrected chi connectivity index (χ3v) is 7.69. The van der Waals surface area contributed by atoms with Crippen molar-refractivity contribution in [3.8, 4) is 0 Å². The molecule has 0 heterocycles. The van der Waals surface area contributed by atoms with Crippen LogP contribution in [0.2, 0.25) is 0 Å². The molecular weight excluding hydrogens is 288 g/mol. The van der Waals surface area contributed by atoms with Crippen molar-refractivity contribution in [1.29, 1.82) is 0 Å². The molecule has 0 saturated heterocycles. The number of ketones is 1. The van der Waals surface area contributed by atoms with Gasteiger partial charge < -0.3 is 9.47 Å². The normalized spacial score (nSPS) is 47.6. The zero-order valence-corrected chi connectivity index (χ0v) is 15.4. The Balaban J connectivity index is 1.89. The molecule has 23 heavy (non-hydrogen) atoms. The van der Waals surface area contributed by atoms with Gasteiger partial charge in [0.1, 0.15) is 12.6 Å². The summed E-state index contributed by atoms with van der Waals surface area (Å²) in [5.74, 6) is 2.41. The summed E-state index contributed by atoms with van der Waals surface area (Å²) in [6.07, 6.45) is 9.18. The molecule has 6 atom stereocenters. The summed E-state index contributed by atoms with van der Waals surface area (Å²) in [5, 5.41) is 0. The number of carbonyl (C=O) groups excluding carboxylic acids is 1. The van der Waals surface area contributed by atoms with Crippen LogP contribution < -0.4 is 0 Å². The van der Waals surface area contributed by atoms with Gasteiger partial charge in [-0.15, -0.1) is 0 Å². The van der Waals surface area contributed by atoms with Crippen LogP contribution in [0.3, 0.4) is 0 Å². The molecule has 3 nitrogen and oxygen atoms in total. The van der Waals surface area contributed by atoms with Crippen molar-refractivity contribution < 1.29 is 14.3 Å². The highest BCUT2D eigenvalue weighted by molar-refractivity contribution is 5.79. The summed E-state index contributed by atoms with van der Waals surface area (Å²) in [6.45, 7) is 7.67. The highest BCUT2D eigenvalue weighted by Crippen LogP contribution is 2.64. The van der Waals surface area contributed by atoms with Gasteiger partial charge >= 0.3 is 0 Å². The van der Waals surface area contributed by atoms with Crippen molar-refractivity contribution in [2.24, 2.45) is 28.6 Å². The zero-order valence-electron chi connectivity index (χ0n) is 15.4. The van der Waals surface area contributed by atoms with Crippen LogP contribution in [-0.4, -0.2) is 25.8 Å². The van der Waals surface area contributed by atoms with E-state index in [2.05, 4.69) is 20.8 Å². The summed E-state index contributed by atoms with van der Waals surface area (Å²) in [4.78, 5) is 12.2. The first-order chi connectivity index (χ1) is 10.9. The fourth-order valence-electron chi connectivity index (χ4n) is 6.59. The lowest BCUT2D eigenvalue weighted by atomic mass is 9.45. The van der Waals surface area contributed by atoms with Crippen LogP contribution in [0.4, 0.5) is 0 Å². The molecule has 0 aromatic heterocycles. The monoisotopic (exact) mass is 322 g/mol. The Kier molecular flexibility index (Phi) is 4.90. The molecule has 3 heteroatoms. The summed E-state index contributed by atoms with van der Waals surface area (Å²) >= 11 is 0. The minimum atomic E-state index is 0.245.